The molecule has 0 saturated heterocycles. The quantitative estimate of drug-likeness (QED) is 0.165. The second-order valence-electron chi connectivity index (χ2n) is 16.7. The van der Waals surface area contributed by atoms with Crippen molar-refractivity contribution in [2.24, 2.45) is 0 Å². The fourth-order valence-electron chi connectivity index (χ4n) is 10.7. The van der Waals surface area contributed by atoms with E-state index in [-0.39, 0.29) is 0 Å². The molecule has 0 amide bonds. The first-order valence-corrected chi connectivity index (χ1v) is 21.5. The lowest BCUT2D eigenvalue weighted by atomic mass is 9.93. The second-order valence-corrected chi connectivity index (χ2v) is 16.7. The fourth-order valence-corrected chi connectivity index (χ4v) is 10.7. The maximum Gasteiger partial charge on any atom is 0.238 e. The molecule has 10 aromatic carbocycles. The minimum atomic E-state index is 0.489. The van der Waals surface area contributed by atoms with Gasteiger partial charge in [0.05, 0.1) is 33.2 Å². The van der Waals surface area contributed by atoms with Crippen LogP contribution in [0, 0.1) is 0 Å². The number of nitrogens with zero attached hydrogens (tertiary/aromatic N) is 5. The molecule has 0 unspecified atom stereocenters. The van der Waals surface area contributed by atoms with Gasteiger partial charge < -0.3 is 13.4 Å². The second kappa shape index (κ2) is 12.4. The zero-order chi connectivity index (χ0) is 41.6. The largest absolute Gasteiger partial charge is 0.455 e. The maximum atomic E-state index is 6.92. The summed E-state index contributed by atoms with van der Waals surface area (Å²) in [5, 5.41) is 13.4. The van der Waals surface area contributed by atoms with E-state index in [0.717, 1.165) is 110 Å². The summed E-state index contributed by atoms with van der Waals surface area (Å²) in [6.45, 7) is 0. The molecule has 0 N–H and O–H groups in total. The van der Waals surface area contributed by atoms with Crippen LogP contribution in [0.5, 0.6) is 0 Å². The predicted molar refractivity (Wildman–Crippen MR) is 260 cm³/mol. The van der Waals surface area contributed by atoms with Gasteiger partial charge in [-0.15, -0.1) is 0 Å². The third kappa shape index (κ3) is 4.41. The van der Waals surface area contributed by atoms with Gasteiger partial charge in [0.1, 0.15) is 22.3 Å². The van der Waals surface area contributed by atoms with Crippen molar-refractivity contribution < 1.29 is 8.83 Å². The minimum absolute atomic E-state index is 0.489. The fraction of sp³-hybridized carbons (Fsp3) is 0. The zero-order valence-corrected chi connectivity index (χ0v) is 34.0. The normalized spacial score (nSPS) is 12.4. The zero-order valence-electron chi connectivity index (χ0n) is 34.0. The van der Waals surface area contributed by atoms with Crippen molar-refractivity contribution in [1.82, 2.24) is 24.1 Å². The molecule has 15 rings (SSSR count). The van der Waals surface area contributed by atoms with Crippen LogP contribution >= 0.6 is 0 Å². The summed E-state index contributed by atoms with van der Waals surface area (Å²) < 4.78 is 18.2. The standard InChI is InChI=1S/C57H31N5O2/c1-2-14-32(15-3-1)61-45-24-9-6-18-35(45)40-29-30-41-36-19-7-10-25-46(36)62(52(41)51(40)61)57-59-55(43-23-12-22-42-37-20-8-11-26-47(37)63-53(42)43)58-56(60-57)44-31-28-39-34-17-5-4-16-33(34)38-21-13-27-48-49(38)50(39)54(44)64-48/h1-31H. The Morgan fingerprint density at radius 1 is 0.312 bits per heavy atom. The molecule has 0 spiro atoms. The van der Waals surface area contributed by atoms with Crippen LogP contribution in [0.25, 0.3) is 143 Å². The third-order valence-corrected chi connectivity index (χ3v) is 13.3. The SMILES string of the molecule is c1ccc(-n2c3ccccc3c3ccc4c5ccccc5n(-c5nc(-c6cccc7c6oc6ccccc67)nc(-c6ccc7c8ccccc8c8cccc9oc6c7c98)n5)c4c32)cc1. The van der Waals surface area contributed by atoms with Crippen molar-refractivity contribution in [3.05, 3.63) is 188 Å². The Balaban J connectivity index is 1.11. The Hall–Kier alpha value is -8.81. The van der Waals surface area contributed by atoms with E-state index in [1.54, 1.807) is 0 Å². The van der Waals surface area contributed by atoms with Crippen molar-refractivity contribution in [3.63, 3.8) is 0 Å². The van der Waals surface area contributed by atoms with Crippen LogP contribution in [0.15, 0.2) is 197 Å². The molecule has 0 radical (unpaired) electrons. The van der Waals surface area contributed by atoms with E-state index in [0.29, 0.717) is 17.6 Å². The average Bonchev–Trinajstić information content (AvgIpc) is 4.12. The molecule has 7 nitrogen and oxygen atoms in total. The van der Waals surface area contributed by atoms with Gasteiger partial charge in [0.25, 0.3) is 0 Å². The lowest BCUT2D eigenvalue weighted by Crippen LogP contribution is -2.07. The highest BCUT2D eigenvalue weighted by atomic mass is 16.3. The van der Waals surface area contributed by atoms with E-state index < -0.39 is 0 Å². The van der Waals surface area contributed by atoms with Gasteiger partial charge >= 0.3 is 0 Å². The Morgan fingerprint density at radius 3 is 1.58 bits per heavy atom. The number of benzene rings is 10. The summed E-state index contributed by atoms with van der Waals surface area (Å²) in [4.78, 5) is 16.4. The number of para-hydroxylation sites is 5. The molecule has 0 bridgehead atoms. The first kappa shape index (κ1) is 33.9. The van der Waals surface area contributed by atoms with E-state index in [2.05, 4.69) is 173 Å². The van der Waals surface area contributed by atoms with E-state index in [1.165, 1.54) is 16.2 Å². The summed E-state index contributed by atoms with van der Waals surface area (Å²) in [5.41, 5.74) is 9.92. The first-order valence-electron chi connectivity index (χ1n) is 21.5. The summed E-state index contributed by atoms with van der Waals surface area (Å²) >= 11 is 0. The van der Waals surface area contributed by atoms with Crippen molar-refractivity contribution >= 4 is 109 Å². The lowest BCUT2D eigenvalue weighted by molar-refractivity contribution is 0.669. The molecular weight excluding hydrogens is 787 g/mol. The van der Waals surface area contributed by atoms with Crippen molar-refractivity contribution in [3.8, 4) is 34.4 Å². The van der Waals surface area contributed by atoms with Gasteiger partial charge in [-0.2, -0.15) is 9.97 Å². The monoisotopic (exact) mass is 817 g/mol. The Morgan fingerprint density at radius 2 is 0.828 bits per heavy atom. The number of aromatic nitrogens is 5. The van der Waals surface area contributed by atoms with Gasteiger partial charge in [-0.1, -0.05) is 140 Å². The molecule has 0 aliphatic carbocycles. The van der Waals surface area contributed by atoms with Gasteiger partial charge in [-0.25, -0.2) is 4.98 Å². The predicted octanol–water partition coefficient (Wildman–Crippen LogP) is 14.9. The summed E-state index contributed by atoms with van der Waals surface area (Å²) in [6, 6.07) is 65.9. The number of furan rings is 2. The summed E-state index contributed by atoms with van der Waals surface area (Å²) in [5.74, 6) is 1.49. The number of hydrogen-bond donors (Lipinski definition) is 0. The molecule has 5 heterocycles. The van der Waals surface area contributed by atoms with Gasteiger partial charge in [0, 0.05) is 48.8 Å². The van der Waals surface area contributed by atoms with E-state index in [9.17, 15) is 0 Å². The Labute approximate surface area is 363 Å². The molecule has 15 aromatic rings. The molecule has 5 aromatic heterocycles. The van der Waals surface area contributed by atoms with Gasteiger partial charge in [-0.05, 0) is 70.1 Å². The lowest BCUT2D eigenvalue weighted by Gasteiger charge is -2.14. The molecule has 64 heavy (non-hydrogen) atoms. The number of fused-ring (bicyclic) bond motifs is 13. The average molecular weight is 818 g/mol. The van der Waals surface area contributed by atoms with Crippen LogP contribution in [-0.4, -0.2) is 24.1 Å². The highest BCUT2D eigenvalue weighted by Gasteiger charge is 2.26. The van der Waals surface area contributed by atoms with E-state index in [1.807, 2.05) is 24.3 Å². The summed E-state index contributed by atoms with van der Waals surface area (Å²) in [7, 11) is 0. The van der Waals surface area contributed by atoms with Crippen LogP contribution < -0.4 is 0 Å². The number of rotatable bonds is 4. The minimum Gasteiger partial charge on any atom is -0.455 e. The first-order chi connectivity index (χ1) is 31.8. The van der Waals surface area contributed by atoms with Crippen LogP contribution in [0.4, 0.5) is 0 Å². The molecule has 0 saturated carbocycles. The molecule has 0 fully saturated rings. The van der Waals surface area contributed by atoms with Gasteiger partial charge in [0.15, 0.2) is 11.6 Å². The molecule has 0 atom stereocenters. The van der Waals surface area contributed by atoms with Gasteiger partial charge in [0.2, 0.25) is 5.95 Å². The highest BCUT2D eigenvalue weighted by Crippen LogP contribution is 2.47. The molecular formula is C57H31N5O2. The van der Waals surface area contributed by atoms with E-state index in [4.69, 9.17) is 23.8 Å². The Kier molecular flexibility index (Phi) is 6.56. The van der Waals surface area contributed by atoms with Gasteiger partial charge in [-0.3, -0.25) is 4.57 Å². The highest BCUT2D eigenvalue weighted by molar-refractivity contribution is 6.34. The molecule has 0 aliphatic rings. The molecule has 0 aliphatic heterocycles. The van der Waals surface area contributed by atoms with Crippen molar-refractivity contribution in [2.45, 2.75) is 0 Å². The van der Waals surface area contributed by atoms with Crippen LogP contribution in [0.1, 0.15) is 0 Å². The molecule has 7 heteroatoms. The Bertz CT molecular complexity index is 4440. The summed E-state index contributed by atoms with van der Waals surface area (Å²) in [6.07, 6.45) is 0. The molecule has 296 valence electrons. The van der Waals surface area contributed by atoms with Crippen LogP contribution in [0.3, 0.4) is 0 Å². The third-order valence-electron chi connectivity index (χ3n) is 13.3. The van der Waals surface area contributed by atoms with E-state index >= 15 is 0 Å². The topological polar surface area (TPSA) is 74.8 Å². The van der Waals surface area contributed by atoms with Crippen LogP contribution in [0.2, 0.25) is 0 Å². The number of hydrogen-bond acceptors (Lipinski definition) is 5. The van der Waals surface area contributed by atoms with Crippen LogP contribution in [-0.2, 0) is 0 Å². The van der Waals surface area contributed by atoms with Crippen molar-refractivity contribution in [2.75, 3.05) is 0 Å². The van der Waals surface area contributed by atoms with Crippen molar-refractivity contribution in [1.29, 1.82) is 0 Å². The smallest absolute Gasteiger partial charge is 0.238 e. The maximum absolute atomic E-state index is 6.92.